The maximum Gasteiger partial charge on any atom is 0.331 e. The van der Waals surface area contributed by atoms with E-state index in [4.69, 9.17) is 9.47 Å². The second kappa shape index (κ2) is 5.14. The first-order chi connectivity index (χ1) is 7.74. The summed E-state index contributed by atoms with van der Waals surface area (Å²) in [6, 6.07) is 0. The average molecular weight is 224 g/mol. The van der Waals surface area contributed by atoms with Crippen LogP contribution in [0.4, 0.5) is 0 Å². The molecule has 0 heterocycles. The van der Waals surface area contributed by atoms with Crippen LogP contribution in [0.15, 0.2) is 12.2 Å². The predicted molar refractivity (Wildman–Crippen MR) is 56.6 cm³/mol. The topological polar surface area (TPSA) is 52.6 Å². The largest absolute Gasteiger partial charge is 0.459 e. The zero-order chi connectivity index (χ0) is 11.4. The SMILES string of the molecule is O=C(/C=C/C(=O)OC1CCC1)OC1CCC1. The van der Waals surface area contributed by atoms with Crippen LogP contribution in [-0.4, -0.2) is 24.1 Å². The molecular formula is C12H16O4. The van der Waals surface area contributed by atoms with Gasteiger partial charge in [0.1, 0.15) is 12.2 Å². The van der Waals surface area contributed by atoms with Crippen molar-refractivity contribution in [2.45, 2.75) is 50.7 Å². The highest BCUT2D eigenvalue weighted by Crippen LogP contribution is 2.23. The molecule has 0 saturated heterocycles. The summed E-state index contributed by atoms with van der Waals surface area (Å²) in [6.45, 7) is 0. The monoisotopic (exact) mass is 224 g/mol. The van der Waals surface area contributed by atoms with Gasteiger partial charge in [-0.25, -0.2) is 9.59 Å². The molecule has 0 aromatic rings. The van der Waals surface area contributed by atoms with E-state index in [1.165, 1.54) is 0 Å². The lowest BCUT2D eigenvalue weighted by atomic mass is 9.96. The number of hydrogen-bond donors (Lipinski definition) is 0. The summed E-state index contributed by atoms with van der Waals surface area (Å²) in [7, 11) is 0. The number of esters is 2. The van der Waals surface area contributed by atoms with Crippen LogP contribution in [0, 0.1) is 0 Å². The van der Waals surface area contributed by atoms with Gasteiger partial charge in [0.25, 0.3) is 0 Å². The Labute approximate surface area is 94.6 Å². The second-order valence-corrected chi connectivity index (χ2v) is 4.31. The van der Waals surface area contributed by atoms with Gasteiger partial charge in [0.2, 0.25) is 0 Å². The standard InChI is InChI=1S/C12H16O4/c13-11(15-9-3-1-4-9)7-8-12(14)16-10-5-2-6-10/h7-10H,1-6H2/b8-7+. The molecule has 4 nitrogen and oxygen atoms in total. The highest BCUT2D eigenvalue weighted by Gasteiger charge is 2.22. The summed E-state index contributed by atoms with van der Waals surface area (Å²) in [5.41, 5.74) is 0. The Balaban J connectivity index is 1.65. The lowest BCUT2D eigenvalue weighted by Crippen LogP contribution is -2.25. The van der Waals surface area contributed by atoms with E-state index >= 15 is 0 Å². The maximum atomic E-state index is 11.2. The summed E-state index contributed by atoms with van der Waals surface area (Å²) in [5, 5.41) is 0. The van der Waals surface area contributed by atoms with Crippen molar-refractivity contribution in [3.8, 4) is 0 Å². The first kappa shape index (κ1) is 11.2. The van der Waals surface area contributed by atoms with E-state index in [1.807, 2.05) is 0 Å². The van der Waals surface area contributed by atoms with Gasteiger partial charge in [-0.3, -0.25) is 0 Å². The number of ether oxygens (including phenoxy) is 2. The van der Waals surface area contributed by atoms with E-state index in [1.54, 1.807) is 0 Å². The van der Waals surface area contributed by atoms with E-state index in [2.05, 4.69) is 0 Å². The molecule has 0 aromatic carbocycles. The Hall–Kier alpha value is -1.32. The van der Waals surface area contributed by atoms with Gasteiger partial charge in [0, 0.05) is 12.2 Å². The van der Waals surface area contributed by atoms with Gasteiger partial charge in [-0.1, -0.05) is 0 Å². The summed E-state index contributed by atoms with van der Waals surface area (Å²) in [6.07, 6.45) is 8.39. The molecule has 0 aliphatic heterocycles. The van der Waals surface area contributed by atoms with E-state index in [0.29, 0.717) is 0 Å². The van der Waals surface area contributed by atoms with E-state index in [-0.39, 0.29) is 12.2 Å². The van der Waals surface area contributed by atoms with E-state index < -0.39 is 11.9 Å². The molecule has 0 radical (unpaired) electrons. The fourth-order valence-electron chi connectivity index (χ4n) is 1.52. The molecule has 16 heavy (non-hydrogen) atoms. The molecule has 2 saturated carbocycles. The zero-order valence-corrected chi connectivity index (χ0v) is 9.19. The minimum Gasteiger partial charge on any atom is -0.459 e. The number of carbonyl (C=O) groups excluding carboxylic acids is 2. The van der Waals surface area contributed by atoms with Crippen LogP contribution < -0.4 is 0 Å². The molecule has 2 fully saturated rings. The Morgan fingerprint density at radius 1 is 0.812 bits per heavy atom. The number of carbonyl (C=O) groups is 2. The highest BCUT2D eigenvalue weighted by molar-refractivity contribution is 5.91. The minimum absolute atomic E-state index is 0.0554. The normalized spacial score (nSPS) is 21.2. The maximum absolute atomic E-state index is 11.2. The minimum atomic E-state index is -0.449. The van der Waals surface area contributed by atoms with Gasteiger partial charge in [-0.05, 0) is 38.5 Å². The highest BCUT2D eigenvalue weighted by atomic mass is 16.5. The van der Waals surface area contributed by atoms with Crippen molar-refractivity contribution in [3.63, 3.8) is 0 Å². The molecule has 2 aliphatic rings. The number of rotatable bonds is 4. The summed E-state index contributed by atoms with van der Waals surface area (Å²) >= 11 is 0. The molecule has 0 N–H and O–H groups in total. The van der Waals surface area contributed by atoms with Crippen LogP contribution in [0.1, 0.15) is 38.5 Å². The van der Waals surface area contributed by atoms with Crippen LogP contribution in [0.25, 0.3) is 0 Å². The molecule has 0 amide bonds. The van der Waals surface area contributed by atoms with Gasteiger partial charge < -0.3 is 9.47 Å². The van der Waals surface area contributed by atoms with Crippen molar-refractivity contribution < 1.29 is 19.1 Å². The Kier molecular flexibility index (Phi) is 3.59. The molecule has 0 bridgehead atoms. The van der Waals surface area contributed by atoms with E-state index in [0.717, 1.165) is 50.7 Å². The molecule has 0 aromatic heterocycles. The van der Waals surface area contributed by atoms with Crippen LogP contribution in [0.3, 0.4) is 0 Å². The smallest absolute Gasteiger partial charge is 0.331 e. The van der Waals surface area contributed by atoms with Gasteiger partial charge in [0.15, 0.2) is 0 Å². The van der Waals surface area contributed by atoms with Crippen LogP contribution in [0.2, 0.25) is 0 Å². The molecule has 0 spiro atoms. The molecule has 88 valence electrons. The average Bonchev–Trinajstić information content (AvgIpc) is 2.14. The molecule has 2 rings (SSSR count). The van der Waals surface area contributed by atoms with Gasteiger partial charge in [0.05, 0.1) is 0 Å². The number of hydrogen-bond acceptors (Lipinski definition) is 4. The van der Waals surface area contributed by atoms with Crippen LogP contribution >= 0.6 is 0 Å². The fourth-order valence-corrected chi connectivity index (χ4v) is 1.52. The Morgan fingerprint density at radius 3 is 1.44 bits per heavy atom. The lowest BCUT2D eigenvalue weighted by molar-refractivity contribution is -0.149. The lowest BCUT2D eigenvalue weighted by Gasteiger charge is -2.25. The van der Waals surface area contributed by atoms with E-state index in [9.17, 15) is 9.59 Å². The first-order valence-electron chi connectivity index (χ1n) is 5.83. The second-order valence-electron chi connectivity index (χ2n) is 4.31. The molecule has 0 atom stereocenters. The molecule has 4 heteroatoms. The van der Waals surface area contributed by atoms with Crippen molar-refractivity contribution in [2.24, 2.45) is 0 Å². The fraction of sp³-hybridized carbons (Fsp3) is 0.667. The Morgan fingerprint density at radius 2 is 1.19 bits per heavy atom. The van der Waals surface area contributed by atoms with Gasteiger partial charge in [-0.15, -0.1) is 0 Å². The van der Waals surface area contributed by atoms with Crippen molar-refractivity contribution >= 4 is 11.9 Å². The van der Waals surface area contributed by atoms with Crippen molar-refractivity contribution in [3.05, 3.63) is 12.2 Å². The molecule has 0 unspecified atom stereocenters. The van der Waals surface area contributed by atoms with Crippen LogP contribution in [-0.2, 0) is 19.1 Å². The van der Waals surface area contributed by atoms with Crippen molar-refractivity contribution in [1.29, 1.82) is 0 Å². The van der Waals surface area contributed by atoms with Gasteiger partial charge in [-0.2, -0.15) is 0 Å². The predicted octanol–water partition coefficient (Wildman–Crippen LogP) is 1.73. The molecule has 2 aliphatic carbocycles. The third-order valence-electron chi connectivity index (χ3n) is 3.03. The zero-order valence-electron chi connectivity index (χ0n) is 9.19. The summed E-state index contributed by atoms with van der Waals surface area (Å²) in [5.74, 6) is -0.898. The van der Waals surface area contributed by atoms with Crippen molar-refractivity contribution in [2.75, 3.05) is 0 Å². The van der Waals surface area contributed by atoms with Crippen LogP contribution in [0.5, 0.6) is 0 Å². The summed E-state index contributed by atoms with van der Waals surface area (Å²) in [4.78, 5) is 22.4. The Bertz CT molecular complexity index is 270. The third-order valence-corrected chi connectivity index (χ3v) is 3.03. The van der Waals surface area contributed by atoms with Gasteiger partial charge >= 0.3 is 11.9 Å². The first-order valence-corrected chi connectivity index (χ1v) is 5.83. The van der Waals surface area contributed by atoms with Crippen molar-refractivity contribution in [1.82, 2.24) is 0 Å². The third kappa shape index (κ3) is 3.08. The summed E-state index contributed by atoms with van der Waals surface area (Å²) < 4.78 is 10.1. The molecular weight excluding hydrogens is 208 g/mol. The quantitative estimate of drug-likeness (QED) is 0.539.